The topological polar surface area (TPSA) is 70.4 Å². The zero-order chi connectivity index (χ0) is 22.3. The normalized spacial score (nSPS) is 16.9. The van der Waals surface area contributed by atoms with Crippen molar-refractivity contribution in [2.24, 2.45) is 17.5 Å². The van der Waals surface area contributed by atoms with Crippen molar-refractivity contribution in [2.45, 2.75) is 65.5 Å². The smallest absolute Gasteiger partial charge is 0.191 e. The molecule has 2 aromatic rings. The highest BCUT2D eigenvalue weighted by Gasteiger charge is 2.27. The molecule has 0 atom stereocenters. The second-order valence-electron chi connectivity index (χ2n) is 9.51. The number of benzene rings is 1. The minimum absolute atomic E-state index is 0.459. The Kier molecular flexibility index (Phi) is 7.93. The largest absolute Gasteiger partial charge is 0.375 e. The fourth-order valence-corrected chi connectivity index (χ4v) is 3.96. The Balaban J connectivity index is 1.54. The molecule has 0 bridgehead atoms. The standard InChI is InChI=1S/C24H39N7/c1-19-28-29-22(31(19)5)18-26-23(27-20-12-14-24(2,3)15-13-20)25-16-9-17-30(4)21-10-7-6-8-11-21/h6-8,10-11,20H,9,12-18H2,1-5H3,(H2,25,26,27). The molecule has 2 N–H and O–H groups in total. The molecule has 0 spiro atoms. The molecule has 0 saturated heterocycles. The first-order valence-corrected chi connectivity index (χ1v) is 11.5. The highest BCUT2D eigenvalue weighted by molar-refractivity contribution is 5.80. The van der Waals surface area contributed by atoms with Gasteiger partial charge in [-0.3, -0.25) is 0 Å². The average Bonchev–Trinajstić information content (AvgIpc) is 3.08. The van der Waals surface area contributed by atoms with Gasteiger partial charge < -0.3 is 20.1 Å². The molecule has 31 heavy (non-hydrogen) atoms. The summed E-state index contributed by atoms with van der Waals surface area (Å²) < 4.78 is 2.00. The van der Waals surface area contributed by atoms with Gasteiger partial charge in [-0.05, 0) is 56.6 Å². The predicted octanol–water partition coefficient (Wildman–Crippen LogP) is 3.65. The third kappa shape index (κ3) is 6.97. The van der Waals surface area contributed by atoms with E-state index < -0.39 is 0 Å². The Morgan fingerprint density at radius 3 is 2.55 bits per heavy atom. The number of aliphatic imine (C=N–C) groups is 1. The van der Waals surface area contributed by atoms with Crippen LogP contribution in [0.2, 0.25) is 0 Å². The van der Waals surface area contributed by atoms with Gasteiger partial charge in [0.1, 0.15) is 12.4 Å². The average molecular weight is 426 g/mol. The van der Waals surface area contributed by atoms with Gasteiger partial charge in [-0.2, -0.15) is 0 Å². The molecule has 1 saturated carbocycles. The van der Waals surface area contributed by atoms with Gasteiger partial charge in [0.15, 0.2) is 11.8 Å². The first kappa shape index (κ1) is 23.1. The van der Waals surface area contributed by atoms with E-state index in [1.54, 1.807) is 0 Å². The van der Waals surface area contributed by atoms with Gasteiger partial charge in [0.25, 0.3) is 0 Å². The lowest BCUT2D eigenvalue weighted by Crippen LogP contribution is -2.46. The summed E-state index contributed by atoms with van der Waals surface area (Å²) in [5, 5.41) is 15.6. The number of nitrogens with one attached hydrogen (secondary N) is 2. The molecule has 0 amide bonds. The molecular formula is C24H39N7. The van der Waals surface area contributed by atoms with E-state index in [0.717, 1.165) is 37.1 Å². The third-order valence-corrected chi connectivity index (χ3v) is 6.40. The van der Waals surface area contributed by atoms with Gasteiger partial charge in [-0.1, -0.05) is 32.0 Å². The van der Waals surface area contributed by atoms with Crippen molar-refractivity contribution >= 4 is 11.6 Å². The van der Waals surface area contributed by atoms with E-state index >= 15 is 0 Å². The van der Waals surface area contributed by atoms with Gasteiger partial charge in [-0.15, -0.1) is 10.2 Å². The number of aromatic nitrogens is 3. The minimum Gasteiger partial charge on any atom is -0.375 e. The maximum atomic E-state index is 4.83. The second kappa shape index (κ2) is 10.6. The summed E-state index contributed by atoms with van der Waals surface area (Å²) in [4.78, 5) is 7.12. The van der Waals surface area contributed by atoms with E-state index in [2.05, 4.69) is 77.0 Å². The third-order valence-electron chi connectivity index (χ3n) is 6.40. The summed E-state index contributed by atoms with van der Waals surface area (Å²) in [6.07, 6.45) is 5.92. The van der Waals surface area contributed by atoms with E-state index in [-0.39, 0.29) is 0 Å². The second-order valence-corrected chi connectivity index (χ2v) is 9.51. The molecule has 1 aromatic heterocycles. The van der Waals surface area contributed by atoms with Crippen molar-refractivity contribution in [3.8, 4) is 0 Å². The monoisotopic (exact) mass is 425 g/mol. The first-order chi connectivity index (χ1) is 14.8. The fourth-order valence-electron chi connectivity index (χ4n) is 3.96. The molecule has 7 heteroatoms. The van der Waals surface area contributed by atoms with Gasteiger partial charge in [0.2, 0.25) is 0 Å². The zero-order valence-corrected chi connectivity index (χ0v) is 19.9. The Hall–Kier alpha value is -2.57. The molecule has 170 valence electrons. The van der Waals surface area contributed by atoms with Crippen molar-refractivity contribution in [3.05, 3.63) is 42.0 Å². The summed E-state index contributed by atoms with van der Waals surface area (Å²) in [6.45, 7) is 9.09. The number of nitrogens with zero attached hydrogens (tertiary/aromatic N) is 5. The quantitative estimate of drug-likeness (QED) is 0.384. The lowest BCUT2D eigenvalue weighted by Gasteiger charge is -2.35. The summed E-state index contributed by atoms with van der Waals surface area (Å²) in [5.41, 5.74) is 1.71. The van der Waals surface area contributed by atoms with Gasteiger partial charge in [0.05, 0.1) is 0 Å². The summed E-state index contributed by atoms with van der Waals surface area (Å²) >= 11 is 0. The van der Waals surface area contributed by atoms with Crippen molar-refractivity contribution in [2.75, 3.05) is 25.0 Å². The molecular weight excluding hydrogens is 386 g/mol. The molecule has 3 rings (SSSR count). The van der Waals surface area contributed by atoms with Gasteiger partial charge in [-0.25, -0.2) is 4.99 Å². The van der Waals surface area contributed by atoms with Crippen molar-refractivity contribution in [1.29, 1.82) is 0 Å². The van der Waals surface area contributed by atoms with Crippen LogP contribution in [0, 0.1) is 12.3 Å². The van der Waals surface area contributed by atoms with Gasteiger partial charge >= 0.3 is 0 Å². The number of aryl methyl sites for hydroxylation is 1. The van der Waals surface area contributed by atoms with Crippen LogP contribution in [0.1, 0.15) is 57.6 Å². The number of anilines is 1. The van der Waals surface area contributed by atoms with Crippen LogP contribution < -0.4 is 15.5 Å². The number of para-hydroxylation sites is 1. The van der Waals surface area contributed by atoms with Crippen LogP contribution in [0.15, 0.2) is 35.3 Å². The molecule has 7 nitrogen and oxygen atoms in total. The van der Waals surface area contributed by atoms with Crippen LogP contribution in [0.3, 0.4) is 0 Å². The Morgan fingerprint density at radius 2 is 1.90 bits per heavy atom. The molecule has 0 aliphatic heterocycles. The van der Waals surface area contributed by atoms with Crippen LogP contribution in [-0.4, -0.2) is 46.9 Å². The number of hydrogen-bond donors (Lipinski definition) is 2. The highest BCUT2D eigenvalue weighted by atomic mass is 15.3. The molecule has 0 unspecified atom stereocenters. The summed E-state index contributed by atoms with van der Waals surface area (Å²) in [5.74, 6) is 2.67. The number of rotatable bonds is 8. The highest BCUT2D eigenvalue weighted by Crippen LogP contribution is 2.34. The summed E-state index contributed by atoms with van der Waals surface area (Å²) in [6, 6.07) is 11.0. The lowest BCUT2D eigenvalue weighted by atomic mass is 9.75. The molecule has 1 heterocycles. The zero-order valence-electron chi connectivity index (χ0n) is 19.9. The molecule has 1 aliphatic rings. The Bertz CT molecular complexity index is 831. The van der Waals surface area contributed by atoms with Crippen LogP contribution >= 0.6 is 0 Å². The maximum absolute atomic E-state index is 4.83. The summed E-state index contributed by atoms with van der Waals surface area (Å²) in [7, 11) is 4.13. The van der Waals surface area contributed by atoms with Gasteiger partial charge in [0, 0.05) is 38.9 Å². The Morgan fingerprint density at radius 1 is 1.19 bits per heavy atom. The molecule has 1 fully saturated rings. The van der Waals surface area contributed by atoms with Crippen molar-refractivity contribution < 1.29 is 0 Å². The minimum atomic E-state index is 0.459. The van der Waals surface area contributed by atoms with Crippen LogP contribution in [0.25, 0.3) is 0 Å². The predicted molar refractivity (Wildman–Crippen MR) is 128 cm³/mol. The van der Waals surface area contributed by atoms with E-state index in [9.17, 15) is 0 Å². The SMILES string of the molecule is Cc1nnc(CN=C(NCCCN(C)c2ccccc2)NC2CCC(C)(C)CC2)n1C. The Labute approximate surface area is 187 Å². The van der Waals surface area contributed by atoms with Crippen molar-refractivity contribution in [3.63, 3.8) is 0 Å². The molecule has 1 aliphatic carbocycles. The van der Waals surface area contributed by atoms with Crippen LogP contribution in [0.5, 0.6) is 0 Å². The first-order valence-electron chi connectivity index (χ1n) is 11.5. The van der Waals surface area contributed by atoms with Crippen LogP contribution in [-0.2, 0) is 13.6 Å². The maximum Gasteiger partial charge on any atom is 0.191 e. The number of hydrogen-bond acceptors (Lipinski definition) is 4. The lowest BCUT2D eigenvalue weighted by molar-refractivity contribution is 0.216. The fraction of sp³-hybridized carbons (Fsp3) is 0.625. The van der Waals surface area contributed by atoms with E-state index in [4.69, 9.17) is 4.99 Å². The van der Waals surface area contributed by atoms with E-state index in [0.29, 0.717) is 18.0 Å². The van der Waals surface area contributed by atoms with E-state index in [1.807, 2.05) is 18.5 Å². The molecule has 0 radical (unpaired) electrons. The van der Waals surface area contributed by atoms with Crippen LogP contribution in [0.4, 0.5) is 5.69 Å². The molecule has 1 aromatic carbocycles. The van der Waals surface area contributed by atoms with E-state index in [1.165, 1.54) is 31.4 Å². The van der Waals surface area contributed by atoms with Crippen molar-refractivity contribution in [1.82, 2.24) is 25.4 Å². The number of guanidine groups is 1.